The maximum Gasteiger partial charge on any atom is 0.204 e. The van der Waals surface area contributed by atoms with Crippen molar-refractivity contribution < 1.29 is 9.47 Å². The second-order valence-corrected chi connectivity index (χ2v) is 3.75. The van der Waals surface area contributed by atoms with Gasteiger partial charge in [0.25, 0.3) is 0 Å². The van der Waals surface area contributed by atoms with E-state index < -0.39 is 5.79 Å². The van der Waals surface area contributed by atoms with Crippen LogP contribution in [0.15, 0.2) is 24.3 Å². The molecule has 0 aliphatic heterocycles. The summed E-state index contributed by atoms with van der Waals surface area (Å²) < 4.78 is 11.1. The lowest BCUT2D eigenvalue weighted by molar-refractivity contribution is -0.152. The Kier molecular flexibility index (Phi) is 3.53. The minimum atomic E-state index is -0.552. The van der Waals surface area contributed by atoms with Crippen molar-refractivity contribution >= 4 is 0 Å². The van der Waals surface area contributed by atoms with Gasteiger partial charge in [-0.2, -0.15) is 0 Å². The van der Waals surface area contributed by atoms with E-state index in [-0.39, 0.29) is 0 Å². The van der Waals surface area contributed by atoms with E-state index >= 15 is 0 Å². The molecule has 14 heavy (non-hydrogen) atoms. The van der Waals surface area contributed by atoms with Crippen molar-refractivity contribution in [2.45, 2.75) is 33.5 Å². The maximum atomic E-state index is 5.68. The number of aryl methyl sites for hydroxylation is 1. The Hall–Kier alpha value is -1.02. The van der Waals surface area contributed by atoms with Crippen LogP contribution >= 0.6 is 0 Å². The smallest absolute Gasteiger partial charge is 0.204 e. The van der Waals surface area contributed by atoms with Crippen LogP contribution in [0.3, 0.4) is 0 Å². The molecule has 0 N–H and O–H groups in total. The van der Waals surface area contributed by atoms with Crippen LogP contribution in [-0.4, -0.2) is 12.4 Å². The Morgan fingerprint density at radius 3 is 2.21 bits per heavy atom. The van der Waals surface area contributed by atoms with E-state index in [9.17, 15) is 0 Å². The Labute approximate surface area is 85.8 Å². The topological polar surface area (TPSA) is 18.5 Å². The largest absolute Gasteiger partial charge is 0.463 e. The average Bonchev–Trinajstić information content (AvgIpc) is 2.08. The lowest BCUT2D eigenvalue weighted by Gasteiger charge is -2.25. The molecule has 0 spiro atoms. The van der Waals surface area contributed by atoms with Crippen molar-refractivity contribution in [3.05, 3.63) is 29.8 Å². The van der Waals surface area contributed by atoms with Crippen molar-refractivity contribution in [2.24, 2.45) is 0 Å². The predicted molar refractivity (Wildman–Crippen MR) is 57.5 cm³/mol. The standard InChI is InChI=1S/C12H18O2/c1-5-13-12(3,4)14-11-8-6-10(2)7-9-11/h6-9H,5H2,1-4H3. The molecule has 1 rings (SSSR count). The first-order valence-electron chi connectivity index (χ1n) is 4.93. The highest BCUT2D eigenvalue weighted by Gasteiger charge is 2.18. The molecule has 1 aromatic rings. The summed E-state index contributed by atoms with van der Waals surface area (Å²) in [4.78, 5) is 0. The van der Waals surface area contributed by atoms with Gasteiger partial charge in [0.2, 0.25) is 5.79 Å². The van der Waals surface area contributed by atoms with E-state index in [0.717, 1.165) is 5.75 Å². The van der Waals surface area contributed by atoms with E-state index in [2.05, 4.69) is 6.92 Å². The van der Waals surface area contributed by atoms with Crippen molar-refractivity contribution in [1.82, 2.24) is 0 Å². The Morgan fingerprint density at radius 1 is 1.14 bits per heavy atom. The van der Waals surface area contributed by atoms with E-state index in [0.29, 0.717) is 6.61 Å². The molecule has 0 unspecified atom stereocenters. The highest BCUT2D eigenvalue weighted by Crippen LogP contribution is 2.19. The fourth-order valence-corrected chi connectivity index (χ4v) is 1.27. The summed E-state index contributed by atoms with van der Waals surface area (Å²) in [7, 11) is 0. The summed E-state index contributed by atoms with van der Waals surface area (Å²) in [5, 5.41) is 0. The van der Waals surface area contributed by atoms with Crippen LogP contribution in [0.1, 0.15) is 26.3 Å². The zero-order chi connectivity index (χ0) is 10.6. The molecule has 0 aromatic heterocycles. The van der Waals surface area contributed by atoms with Gasteiger partial charge in [-0.15, -0.1) is 0 Å². The van der Waals surface area contributed by atoms with E-state index in [1.54, 1.807) is 0 Å². The Bertz CT molecular complexity index is 275. The second kappa shape index (κ2) is 4.47. The number of ether oxygens (including phenoxy) is 2. The van der Waals surface area contributed by atoms with Crippen LogP contribution in [0.2, 0.25) is 0 Å². The summed E-state index contributed by atoms with van der Waals surface area (Å²) in [6.07, 6.45) is 0. The molecule has 0 fully saturated rings. The number of hydrogen-bond acceptors (Lipinski definition) is 2. The van der Waals surface area contributed by atoms with Gasteiger partial charge in [-0.05, 0) is 26.0 Å². The van der Waals surface area contributed by atoms with E-state index in [1.807, 2.05) is 45.0 Å². The predicted octanol–water partition coefficient (Wildman–Crippen LogP) is 3.15. The fraction of sp³-hybridized carbons (Fsp3) is 0.500. The van der Waals surface area contributed by atoms with Gasteiger partial charge >= 0.3 is 0 Å². The molecule has 0 aliphatic carbocycles. The Balaban J connectivity index is 2.64. The first kappa shape index (κ1) is 11.1. The van der Waals surface area contributed by atoms with Gasteiger partial charge in [0.05, 0.1) is 0 Å². The van der Waals surface area contributed by atoms with Gasteiger partial charge in [-0.1, -0.05) is 17.7 Å². The average molecular weight is 194 g/mol. The van der Waals surface area contributed by atoms with Gasteiger partial charge < -0.3 is 9.47 Å². The van der Waals surface area contributed by atoms with Crippen LogP contribution < -0.4 is 4.74 Å². The maximum absolute atomic E-state index is 5.68. The zero-order valence-corrected chi connectivity index (χ0v) is 9.33. The lowest BCUT2D eigenvalue weighted by Crippen LogP contribution is -2.31. The molecular formula is C12H18O2. The SMILES string of the molecule is CCOC(C)(C)Oc1ccc(C)cc1. The first-order chi connectivity index (χ1) is 6.53. The van der Waals surface area contributed by atoms with Gasteiger partial charge in [-0.3, -0.25) is 0 Å². The van der Waals surface area contributed by atoms with E-state index in [1.165, 1.54) is 5.56 Å². The van der Waals surface area contributed by atoms with Crippen molar-refractivity contribution in [1.29, 1.82) is 0 Å². The highest BCUT2D eigenvalue weighted by atomic mass is 16.7. The van der Waals surface area contributed by atoms with Crippen LogP contribution in [-0.2, 0) is 4.74 Å². The summed E-state index contributed by atoms with van der Waals surface area (Å²) in [6.45, 7) is 8.49. The number of benzene rings is 1. The minimum Gasteiger partial charge on any atom is -0.463 e. The molecule has 0 saturated heterocycles. The third-order valence-corrected chi connectivity index (χ3v) is 1.88. The molecule has 0 atom stereocenters. The third-order valence-electron chi connectivity index (χ3n) is 1.88. The number of hydrogen-bond donors (Lipinski definition) is 0. The molecule has 0 aliphatic rings. The molecule has 0 bridgehead atoms. The monoisotopic (exact) mass is 194 g/mol. The molecule has 2 heteroatoms. The quantitative estimate of drug-likeness (QED) is 0.685. The lowest BCUT2D eigenvalue weighted by atomic mass is 10.2. The molecule has 1 aromatic carbocycles. The second-order valence-electron chi connectivity index (χ2n) is 3.75. The van der Waals surface area contributed by atoms with Crippen LogP contribution in [0.4, 0.5) is 0 Å². The van der Waals surface area contributed by atoms with Gasteiger partial charge in [0.1, 0.15) is 5.75 Å². The van der Waals surface area contributed by atoms with Crippen LogP contribution in [0, 0.1) is 6.92 Å². The van der Waals surface area contributed by atoms with Gasteiger partial charge in [-0.25, -0.2) is 0 Å². The van der Waals surface area contributed by atoms with Crippen molar-refractivity contribution in [2.75, 3.05) is 6.61 Å². The molecule has 78 valence electrons. The molecule has 0 heterocycles. The van der Waals surface area contributed by atoms with Crippen LogP contribution in [0.5, 0.6) is 5.75 Å². The van der Waals surface area contributed by atoms with Crippen molar-refractivity contribution in [3.63, 3.8) is 0 Å². The highest BCUT2D eigenvalue weighted by molar-refractivity contribution is 5.26. The Morgan fingerprint density at radius 2 is 1.71 bits per heavy atom. The van der Waals surface area contributed by atoms with Gasteiger partial charge in [0.15, 0.2) is 0 Å². The summed E-state index contributed by atoms with van der Waals surface area (Å²) >= 11 is 0. The molecular weight excluding hydrogens is 176 g/mol. The molecule has 2 nitrogen and oxygen atoms in total. The van der Waals surface area contributed by atoms with Crippen molar-refractivity contribution in [3.8, 4) is 5.75 Å². The third kappa shape index (κ3) is 3.38. The van der Waals surface area contributed by atoms with E-state index in [4.69, 9.17) is 9.47 Å². The molecule has 0 radical (unpaired) electrons. The normalized spacial score (nSPS) is 11.4. The summed E-state index contributed by atoms with van der Waals surface area (Å²) in [5.74, 6) is 0.290. The molecule has 0 saturated carbocycles. The minimum absolute atomic E-state index is 0.552. The fourth-order valence-electron chi connectivity index (χ4n) is 1.27. The summed E-state index contributed by atoms with van der Waals surface area (Å²) in [5.41, 5.74) is 1.23. The number of rotatable bonds is 4. The zero-order valence-electron chi connectivity index (χ0n) is 9.33. The first-order valence-corrected chi connectivity index (χ1v) is 4.93. The van der Waals surface area contributed by atoms with Crippen LogP contribution in [0.25, 0.3) is 0 Å². The van der Waals surface area contributed by atoms with Gasteiger partial charge in [0, 0.05) is 20.5 Å². The summed E-state index contributed by atoms with van der Waals surface area (Å²) in [6, 6.07) is 7.96. The molecule has 0 amide bonds.